The Morgan fingerprint density at radius 2 is 1.94 bits per heavy atom. The van der Waals surface area contributed by atoms with Crippen molar-refractivity contribution in [2.75, 3.05) is 0 Å². The van der Waals surface area contributed by atoms with E-state index < -0.39 is 5.92 Å². The predicted octanol–water partition coefficient (Wildman–Crippen LogP) is 3.18. The molecule has 2 rings (SSSR count). The first kappa shape index (κ1) is 11.3. The monoisotopic (exact) mass is 226 g/mol. The standard InChI is InChI=1S/C14H11FN2/c1-10-6-7-17-14(8-10)13(9-16)11-2-4-12(15)5-3-11/h2-8,13H,1H3. The topological polar surface area (TPSA) is 36.7 Å². The number of rotatable bonds is 2. The van der Waals surface area contributed by atoms with Crippen LogP contribution in [0.3, 0.4) is 0 Å². The normalized spacial score (nSPS) is 11.8. The Hall–Kier alpha value is -2.21. The van der Waals surface area contributed by atoms with Gasteiger partial charge in [-0.1, -0.05) is 12.1 Å². The second-order valence-electron chi connectivity index (χ2n) is 3.87. The van der Waals surface area contributed by atoms with E-state index in [1.165, 1.54) is 12.1 Å². The number of pyridine rings is 1. The van der Waals surface area contributed by atoms with Gasteiger partial charge in [0.1, 0.15) is 11.7 Å². The zero-order valence-electron chi connectivity index (χ0n) is 9.39. The summed E-state index contributed by atoms with van der Waals surface area (Å²) in [5.41, 5.74) is 2.50. The molecule has 0 aliphatic rings. The van der Waals surface area contributed by atoms with Crippen molar-refractivity contribution in [3.63, 3.8) is 0 Å². The van der Waals surface area contributed by atoms with Crippen LogP contribution in [0.15, 0.2) is 42.6 Å². The summed E-state index contributed by atoms with van der Waals surface area (Å²) in [5.74, 6) is -0.752. The molecule has 0 N–H and O–H groups in total. The molecule has 0 saturated heterocycles. The largest absolute Gasteiger partial charge is 0.260 e. The van der Waals surface area contributed by atoms with Gasteiger partial charge in [0.05, 0.1) is 11.8 Å². The lowest BCUT2D eigenvalue weighted by Gasteiger charge is -2.09. The van der Waals surface area contributed by atoms with Gasteiger partial charge in [0.15, 0.2) is 0 Å². The van der Waals surface area contributed by atoms with Crippen molar-refractivity contribution in [3.8, 4) is 6.07 Å². The molecular formula is C14H11FN2. The molecule has 1 aromatic carbocycles. The van der Waals surface area contributed by atoms with Gasteiger partial charge in [0, 0.05) is 6.20 Å². The maximum atomic E-state index is 12.8. The molecule has 0 spiro atoms. The van der Waals surface area contributed by atoms with Crippen LogP contribution in [0, 0.1) is 24.1 Å². The Morgan fingerprint density at radius 3 is 2.53 bits per heavy atom. The third-order valence-corrected chi connectivity index (χ3v) is 2.56. The third-order valence-electron chi connectivity index (χ3n) is 2.56. The first-order valence-corrected chi connectivity index (χ1v) is 5.28. The van der Waals surface area contributed by atoms with Crippen LogP contribution in [0.25, 0.3) is 0 Å². The molecule has 0 fully saturated rings. The average molecular weight is 226 g/mol. The number of aryl methyl sites for hydroxylation is 1. The number of nitriles is 1. The molecule has 1 aromatic heterocycles. The fourth-order valence-electron chi connectivity index (χ4n) is 1.68. The van der Waals surface area contributed by atoms with Gasteiger partial charge in [0.2, 0.25) is 0 Å². The molecule has 0 bridgehead atoms. The quantitative estimate of drug-likeness (QED) is 0.788. The van der Waals surface area contributed by atoms with Crippen molar-refractivity contribution in [2.24, 2.45) is 0 Å². The van der Waals surface area contributed by atoms with Crippen molar-refractivity contribution in [2.45, 2.75) is 12.8 Å². The molecule has 0 amide bonds. The molecule has 0 aliphatic carbocycles. The van der Waals surface area contributed by atoms with Gasteiger partial charge in [-0.2, -0.15) is 5.26 Å². The SMILES string of the molecule is Cc1ccnc(C(C#N)c2ccc(F)cc2)c1. The number of nitrogens with zero attached hydrogens (tertiary/aromatic N) is 2. The first-order valence-electron chi connectivity index (χ1n) is 5.28. The van der Waals surface area contributed by atoms with Gasteiger partial charge in [-0.3, -0.25) is 4.98 Å². The Balaban J connectivity index is 2.41. The zero-order valence-corrected chi connectivity index (χ0v) is 9.39. The van der Waals surface area contributed by atoms with Crippen molar-refractivity contribution >= 4 is 0 Å². The minimum Gasteiger partial charge on any atom is -0.260 e. The third kappa shape index (κ3) is 2.48. The van der Waals surface area contributed by atoms with E-state index in [1.807, 2.05) is 19.1 Å². The summed E-state index contributed by atoms with van der Waals surface area (Å²) < 4.78 is 12.8. The average Bonchev–Trinajstić information content (AvgIpc) is 2.33. The van der Waals surface area contributed by atoms with Crippen molar-refractivity contribution in [3.05, 3.63) is 65.2 Å². The predicted molar refractivity (Wildman–Crippen MR) is 62.8 cm³/mol. The molecule has 1 atom stereocenters. The highest BCUT2D eigenvalue weighted by molar-refractivity contribution is 5.35. The number of hydrogen-bond donors (Lipinski definition) is 0. The number of benzene rings is 1. The van der Waals surface area contributed by atoms with Crippen molar-refractivity contribution in [1.82, 2.24) is 4.98 Å². The summed E-state index contributed by atoms with van der Waals surface area (Å²) in [7, 11) is 0. The molecule has 17 heavy (non-hydrogen) atoms. The molecule has 0 saturated carbocycles. The van der Waals surface area contributed by atoms with E-state index in [-0.39, 0.29) is 5.82 Å². The highest BCUT2D eigenvalue weighted by atomic mass is 19.1. The first-order chi connectivity index (χ1) is 8.20. The molecule has 0 radical (unpaired) electrons. The van der Waals surface area contributed by atoms with Crippen LogP contribution in [0.5, 0.6) is 0 Å². The molecular weight excluding hydrogens is 215 g/mol. The Labute approximate surface area is 99.4 Å². The minimum absolute atomic E-state index is 0.303. The fraction of sp³-hybridized carbons (Fsp3) is 0.143. The van der Waals surface area contributed by atoms with Crippen LogP contribution < -0.4 is 0 Å². The minimum atomic E-state index is -0.449. The van der Waals surface area contributed by atoms with Crippen molar-refractivity contribution < 1.29 is 4.39 Å². The molecule has 2 aromatic rings. The van der Waals surface area contributed by atoms with Crippen LogP contribution in [0.2, 0.25) is 0 Å². The molecule has 1 unspecified atom stereocenters. The molecule has 3 heteroatoms. The molecule has 0 aliphatic heterocycles. The van der Waals surface area contributed by atoms with E-state index in [0.29, 0.717) is 5.69 Å². The van der Waals surface area contributed by atoms with Crippen LogP contribution in [0.1, 0.15) is 22.7 Å². The Bertz CT molecular complexity index is 555. The van der Waals surface area contributed by atoms with E-state index in [2.05, 4.69) is 11.1 Å². The van der Waals surface area contributed by atoms with Crippen LogP contribution in [-0.4, -0.2) is 4.98 Å². The number of hydrogen-bond acceptors (Lipinski definition) is 2. The number of aromatic nitrogens is 1. The lowest BCUT2D eigenvalue weighted by atomic mass is 9.96. The van der Waals surface area contributed by atoms with Gasteiger partial charge in [0.25, 0.3) is 0 Å². The Morgan fingerprint density at radius 1 is 1.24 bits per heavy atom. The van der Waals surface area contributed by atoms with Crippen LogP contribution >= 0.6 is 0 Å². The van der Waals surface area contributed by atoms with Gasteiger partial charge in [-0.05, 0) is 42.3 Å². The zero-order chi connectivity index (χ0) is 12.3. The van der Waals surface area contributed by atoms with Gasteiger partial charge < -0.3 is 0 Å². The summed E-state index contributed by atoms with van der Waals surface area (Å²) in [6, 6.07) is 11.9. The number of halogens is 1. The summed E-state index contributed by atoms with van der Waals surface area (Å²) in [6.07, 6.45) is 1.68. The van der Waals surface area contributed by atoms with E-state index >= 15 is 0 Å². The summed E-state index contributed by atoms with van der Waals surface area (Å²) >= 11 is 0. The Kier molecular flexibility index (Phi) is 3.15. The second-order valence-corrected chi connectivity index (χ2v) is 3.87. The van der Waals surface area contributed by atoms with E-state index in [1.54, 1.807) is 18.3 Å². The van der Waals surface area contributed by atoms with E-state index in [4.69, 9.17) is 0 Å². The fourth-order valence-corrected chi connectivity index (χ4v) is 1.68. The van der Waals surface area contributed by atoms with Crippen LogP contribution in [0.4, 0.5) is 4.39 Å². The highest BCUT2D eigenvalue weighted by Gasteiger charge is 2.14. The van der Waals surface area contributed by atoms with Gasteiger partial charge in [-0.15, -0.1) is 0 Å². The van der Waals surface area contributed by atoms with Crippen molar-refractivity contribution in [1.29, 1.82) is 5.26 Å². The lowest BCUT2D eigenvalue weighted by molar-refractivity contribution is 0.627. The summed E-state index contributed by atoms with van der Waals surface area (Å²) in [6.45, 7) is 1.95. The maximum absolute atomic E-state index is 12.8. The molecule has 1 heterocycles. The van der Waals surface area contributed by atoms with Gasteiger partial charge >= 0.3 is 0 Å². The summed E-state index contributed by atoms with van der Waals surface area (Å²) in [4.78, 5) is 4.19. The van der Waals surface area contributed by atoms with E-state index in [0.717, 1.165) is 11.1 Å². The lowest BCUT2D eigenvalue weighted by Crippen LogP contribution is -2.01. The molecule has 84 valence electrons. The molecule has 2 nitrogen and oxygen atoms in total. The van der Waals surface area contributed by atoms with E-state index in [9.17, 15) is 9.65 Å². The second kappa shape index (κ2) is 4.75. The highest BCUT2D eigenvalue weighted by Crippen LogP contribution is 2.22. The van der Waals surface area contributed by atoms with Gasteiger partial charge in [-0.25, -0.2) is 4.39 Å². The smallest absolute Gasteiger partial charge is 0.123 e. The maximum Gasteiger partial charge on any atom is 0.123 e. The summed E-state index contributed by atoms with van der Waals surface area (Å²) in [5, 5.41) is 9.21. The van der Waals surface area contributed by atoms with Crippen LogP contribution in [-0.2, 0) is 0 Å².